The van der Waals surface area contributed by atoms with Gasteiger partial charge in [0.2, 0.25) is 0 Å². The van der Waals surface area contributed by atoms with Crippen LogP contribution in [-0.2, 0) is 14.3 Å². The van der Waals surface area contributed by atoms with Crippen LogP contribution in [0.2, 0.25) is 0 Å². The molecule has 1 N–H and O–H groups in total. The van der Waals surface area contributed by atoms with Crippen molar-refractivity contribution in [3.05, 3.63) is 23.8 Å². The van der Waals surface area contributed by atoms with Crippen molar-refractivity contribution in [2.75, 3.05) is 14.2 Å². The summed E-state index contributed by atoms with van der Waals surface area (Å²) in [5, 5.41) is 8.65. The number of rotatable bonds is 3. The van der Waals surface area contributed by atoms with Crippen LogP contribution in [0.15, 0.2) is 23.8 Å². The van der Waals surface area contributed by atoms with Gasteiger partial charge in [-0.15, -0.1) is 0 Å². The first-order valence-corrected chi connectivity index (χ1v) is 3.86. The molecule has 0 radical (unpaired) electrons. The summed E-state index contributed by atoms with van der Waals surface area (Å²) in [7, 11) is 3.04. The van der Waals surface area contributed by atoms with E-state index >= 15 is 0 Å². The van der Waals surface area contributed by atoms with E-state index in [4.69, 9.17) is 14.6 Å². The third-order valence-corrected chi connectivity index (χ3v) is 2.06. The third-order valence-electron chi connectivity index (χ3n) is 2.06. The normalized spacial score (nSPS) is 19.7. The quantitative estimate of drug-likeness (QED) is 0.663. The van der Waals surface area contributed by atoms with Gasteiger partial charge in [-0.3, -0.25) is 0 Å². The van der Waals surface area contributed by atoms with Gasteiger partial charge < -0.3 is 14.6 Å². The zero-order chi connectivity index (χ0) is 9.90. The lowest BCUT2D eigenvalue weighted by atomic mass is 10.0. The van der Waals surface area contributed by atoms with Gasteiger partial charge in [0.05, 0.1) is 5.57 Å². The Labute approximate surface area is 76.5 Å². The maximum absolute atomic E-state index is 10.5. The van der Waals surface area contributed by atoms with Crippen molar-refractivity contribution in [2.24, 2.45) is 0 Å². The third kappa shape index (κ3) is 1.96. The van der Waals surface area contributed by atoms with Gasteiger partial charge in [-0.25, -0.2) is 4.79 Å². The van der Waals surface area contributed by atoms with Gasteiger partial charge >= 0.3 is 5.97 Å². The van der Waals surface area contributed by atoms with E-state index in [1.165, 1.54) is 20.3 Å². The molecular formula is C9H12O4. The summed E-state index contributed by atoms with van der Waals surface area (Å²) < 4.78 is 10.2. The van der Waals surface area contributed by atoms with E-state index in [-0.39, 0.29) is 5.57 Å². The molecule has 1 aliphatic rings. The lowest BCUT2D eigenvalue weighted by molar-refractivity contribution is -0.168. The molecule has 1 rings (SSSR count). The second-order valence-electron chi connectivity index (χ2n) is 2.72. The van der Waals surface area contributed by atoms with E-state index in [0.29, 0.717) is 6.42 Å². The van der Waals surface area contributed by atoms with Crippen molar-refractivity contribution in [1.82, 2.24) is 0 Å². The zero-order valence-corrected chi connectivity index (χ0v) is 7.61. The summed E-state index contributed by atoms with van der Waals surface area (Å²) in [5.74, 6) is -1.73. The molecule has 0 spiro atoms. The standard InChI is InChI=1S/C9H12O4/c1-12-9(13-2)5-3-7(4-6-9)8(10)11/h3-5H,6H2,1-2H3,(H,10,11). The minimum Gasteiger partial charge on any atom is -0.478 e. The van der Waals surface area contributed by atoms with Crippen molar-refractivity contribution in [3.8, 4) is 0 Å². The molecule has 0 amide bonds. The Morgan fingerprint density at radius 1 is 1.54 bits per heavy atom. The maximum Gasteiger partial charge on any atom is 0.335 e. The van der Waals surface area contributed by atoms with Gasteiger partial charge in [0.25, 0.3) is 0 Å². The number of carboxylic acid groups (broad SMARTS) is 1. The van der Waals surface area contributed by atoms with Gasteiger partial charge in [-0.2, -0.15) is 0 Å². The summed E-state index contributed by atoms with van der Waals surface area (Å²) in [6.45, 7) is 0. The summed E-state index contributed by atoms with van der Waals surface area (Å²) in [6.07, 6.45) is 5.09. The van der Waals surface area contributed by atoms with E-state index in [9.17, 15) is 4.79 Å². The summed E-state index contributed by atoms with van der Waals surface area (Å²) in [5.41, 5.74) is 0.268. The summed E-state index contributed by atoms with van der Waals surface area (Å²) in [4.78, 5) is 10.5. The average molecular weight is 184 g/mol. The number of carbonyl (C=O) groups is 1. The van der Waals surface area contributed by atoms with E-state index < -0.39 is 11.8 Å². The number of aliphatic carboxylic acids is 1. The molecule has 0 aromatic rings. The summed E-state index contributed by atoms with van der Waals surface area (Å²) in [6, 6.07) is 0. The lowest BCUT2D eigenvalue weighted by Crippen LogP contribution is -2.32. The molecule has 0 atom stereocenters. The van der Waals surface area contributed by atoms with E-state index in [1.807, 2.05) is 0 Å². The lowest BCUT2D eigenvalue weighted by Gasteiger charge is -2.28. The molecule has 13 heavy (non-hydrogen) atoms. The molecule has 0 saturated heterocycles. The number of methoxy groups -OCH3 is 2. The van der Waals surface area contributed by atoms with Crippen LogP contribution in [0.4, 0.5) is 0 Å². The molecule has 72 valence electrons. The Balaban J connectivity index is 2.77. The maximum atomic E-state index is 10.5. The minimum atomic E-state index is -0.933. The fourth-order valence-corrected chi connectivity index (χ4v) is 1.15. The molecule has 0 aromatic carbocycles. The van der Waals surface area contributed by atoms with E-state index in [0.717, 1.165) is 0 Å². The first-order valence-electron chi connectivity index (χ1n) is 3.86. The fourth-order valence-electron chi connectivity index (χ4n) is 1.15. The molecule has 0 unspecified atom stereocenters. The van der Waals surface area contributed by atoms with Crippen LogP contribution in [-0.4, -0.2) is 31.1 Å². The topological polar surface area (TPSA) is 55.8 Å². The van der Waals surface area contributed by atoms with Crippen molar-refractivity contribution < 1.29 is 19.4 Å². The average Bonchev–Trinajstić information content (AvgIpc) is 2.18. The smallest absolute Gasteiger partial charge is 0.335 e. The number of hydrogen-bond donors (Lipinski definition) is 1. The van der Waals surface area contributed by atoms with Crippen molar-refractivity contribution in [2.45, 2.75) is 12.2 Å². The van der Waals surface area contributed by atoms with Gasteiger partial charge in [-0.1, -0.05) is 6.08 Å². The first kappa shape index (κ1) is 9.95. The Hall–Kier alpha value is -1.13. The second kappa shape index (κ2) is 3.72. The van der Waals surface area contributed by atoms with Crippen molar-refractivity contribution in [3.63, 3.8) is 0 Å². The van der Waals surface area contributed by atoms with Gasteiger partial charge in [-0.05, 0) is 12.2 Å². The highest BCUT2D eigenvalue weighted by Gasteiger charge is 2.28. The molecular weight excluding hydrogens is 172 g/mol. The Morgan fingerprint density at radius 3 is 2.46 bits per heavy atom. The van der Waals surface area contributed by atoms with E-state index in [1.54, 1.807) is 12.2 Å². The minimum absolute atomic E-state index is 0.268. The Kier molecular flexibility index (Phi) is 2.85. The fraction of sp³-hybridized carbons (Fsp3) is 0.444. The largest absolute Gasteiger partial charge is 0.478 e. The summed E-state index contributed by atoms with van der Waals surface area (Å²) >= 11 is 0. The van der Waals surface area contributed by atoms with Crippen molar-refractivity contribution >= 4 is 5.97 Å². The zero-order valence-electron chi connectivity index (χ0n) is 7.61. The van der Waals surface area contributed by atoms with Crippen LogP contribution in [0.3, 0.4) is 0 Å². The van der Waals surface area contributed by atoms with Crippen LogP contribution in [0.1, 0.15) is 6.42 Å². The highest BCUT2D eigenvalue weighted by molar-refractivity contribution is 5.90. The second-order valence-corrected chi connectivity index (χ2v) is 2.72. The SMILES string of the molecule is COC1(OC)C=CC(C(=O)O)=CC1. The molecule has 0 heterocycles. The predicted octanol–water partition coefficient (Wildman–Crippen LogP) is 0.946. The number of carboxylic acids is 1. The Morgan fingerprint density at radius 2 is 2.15 bits per heavy atom. The van der Waals surface area contributed by atoms with Crippen LogP contribution in [0.5, 0.6) is 0 Å². The van der Waals surface area contributed by atoms with Crippen LogP contribution in [0, 0.1) is 0 Å². The van der Waals surface area contributed by atoms with Crippen LogP contribution < -0.4 is 0 Å². The van der Waals surface area contributed by atoms with Gasteiger partial charge in [0, 0.05) is 20.6 Å². The van der Waals surface area contributed by atoms with Gasteiger partial charge in [0.15, 0.2) is 5.79 Å². The molecule has 4 nitrogen and oxygen atoms in total. The highest BCUT2D eigenvalue weighted by Crippen LogP contribution is 2.24. The Bertz CT molecular complexity index is 261. The molecule has 0 bridgehead atoms. The van der Waals surface area contributed by atoms with Crippen LogP contribution >= 0.6 is 0 Å². The van der Waals surface area contributed by atoms with Crippen molar-refractivity contribution in [1.29, 1.82) is 0 Å². The predicted molar refractivity (Wildman–Crippen MR) is 46.2 cm³/mol. The highest BCUT2D eigenvalue weighted by atomic mass is 16.7. The molecule has 0 fully saturated rings. The monoisotopic (exact) mass is 184 g/mol. The first-order chi connectivity index (χ1) is 6.13. The molecule has 4 heteroatoms. The molecule has 0 aliphatic heterocycles. The molecule has 1 aliphatic carbocycles. The van der Waals surface area contributed by atoms with Gasteiger partial charge in [0.1, 0.15) is 0 Å². The van der Waals surface area contributed by atoms with Crippen LogP contribution in [0.25, 0.3) is 0 Å². The molecule has 0 aromatic heterocycles. The number of hydrogen-bond acceptors (Lipinski definition) is 3. The van der Waals surface area contributed by atoms with E-state index in [2.05, 4.69) is 0 Å². The molecule has 0 saturated carbocycles. The number of ether oxygens (including phenoxy) is 2.